The summed E-state index contributed by atoms with van der Waals surface area (Å²) in [6.45, 7) is 0. The molecule has 0 amide bonds. The molecule has 0 heterocycles. The molecule has 2 rings (SSSR count). The van der Waals surface area contributed by atoms with Crippen molar-refractivity contribution in [3.63, 3.8) is 0 Å². The van der Waals surface area contributed by atoms with Crippen molar-refractivity contribution in [3.8, 4) is 6.07 Å². The van der Waals surface area contributed by atoms with Crippen molar-refractivity contribution >= 4 is 11.6 Å². The first kappa shape index (κ1) is 13.3. The van der Waals surface area contributed by atoms with Gasteiger partial charge in [0.15, 0.2) is 0 Å². The summed E-state index contributed by atoms with van der Waals surface area (Å²) >= 11 is 6.10. The van der Waals surface area contributed by atoms with Crippen LogP contribution in [-0.2, 0) is 6.42 Å². The van der Waals surface area contributed by atoms with Gasteiger partial charge in [0.1, 0.15) is 6.04 Å². The Morgan fingerprint density at radius 2 is 2.17 bits per heavy atom. The zero-order chi connectivity index (χ0) is 13.1. The normalized spacial score (nSPS) is 18.1. The molecule has 4 nitrogen and oxygen atoms in total. The first-order chi connectivity index (χ1) is 8.63. The number of hydrogen-bond donors (Lipinski definition) is 3. The molecule has 1 fully saturated rings. The monoisotopic (exact) mass is 264 g/mol. The average Bonchev–Trinajstić information content (AvgIpc) is 3.13. The van der Waals surface area contributed by atoms with Crippen LogP contribution in [0.5, 0.6) is 0 Å². The highest BCUT2D eigenvalue weighted by atomic mass is 35.5. The third kappa shape index (κ3) is 3.21. The molecule has 1 aliphatic carbocycles. The van der Waals surface area contributed by atoms with Crippen LogP contribution in [0.25, 0.3) is 0 Å². The molecule has 1 aromatic carbocycles. The Balaban J connectivity index is 2.20. The quantitative estimate of drug-likeness (QED) is 0.557. The van der Waals surface area contributed by atoms with Gasteiger partial charge in [-0.05, 0) is 48.4 Å². The van der Waals surface area contributed by atoms with E-state index in [0.29, 0.717) is 5.02 Å². The Labute approximate surface area is 112 Å². The summed E-state index contributed by atoms with van der Waals surface area (Å²) in [5.74, 6) is 6.09. The molecule has 5 N–H and O–H groups in total. The summed E-state index contributed by atoms with van der Waals surface area (Å²) in [6, 6.07) is 6.73. The van der Waals surface area contributed by atoms with Crippen molar-refractivity contribution in [2.75, 3.05) is 0 Å². The van der Waals surface area contributed by atoms with Crippen molar-refractivity contribution in [2.45, 2.75) is 31.3 Å². The van der Waals surface area contributed by atoms with E-state index >= 15 is 0 Å². The molecule has 0 spiro atoms. The van der Waals surface area contributed by atoms with E-state index < -0.39 is 12.1 Å². The van der Waals surface area contributed by atoms with Gasteiger partial charge in [0.25, 0.3) is 0 Å². The molecular weight excluding hydrogens is 248 g/mol. The van der Waals surface area contributed by atoms with Crippen LogP contribution in [0.2, 0.25) is 5.02 Å². The maximum Gasteiger partial charge on any atom is 0.127 e. The molecule has 0 aliphatic heterocycles. The van der Waals surface area contributed by atoms with Gasteiger partial charge < -0.3 is 5.73 Å². The molecule has 96 valence electrons. The lowest BCUT2D eigenvalue weighted by Gasteiger charge is -2.18. The fourth-order valence-electron chi connectivity index (χ4n) is 2.05. The Bertz CT molecular complexity index is 465. The second kappa shape index (κ2) is 5.68. The van der Waals surface area contributed by atoms with E-state index in [1.165, 1.54) is 18.4 Å². The average molecular weight is 265 g/mol. The van der Waals surface area contributed by atoms with Gasteiger partial charge in [0.2, 0.25) is 0 Å². The van der Waals surface area contributed by atoms with Crippen LogP contribution in [0, 0.1) is 17.2 Å². The first-order valence-electron chi connectivity index (χ1n) is 6.04. The largest absolute Gasteiger partial charge is 0.322 e. The second-order valence-corrected chi connectivity index (χ2v) is 5.28. The van der Waals surface area contributed by atoms with E-state index in [0.717, 1.165) is 17.9 Å². The van der Waals surface area contributed by atoms with Crippen molar-refractivity contribution in [2.24, 2.45) is 17.5 Å². The minimum Gasteiger partial charge on any atom is -0.322 e. The van der Waals surface area contributed by atoms with Crippen LogP contribution in [0.15, 0.2) is 18.2 Å². The number of nitrogens with two attached hydrogens (primary N) is 2. The van der Waals surface area contributed by atoms with E-state index in [-0.39, 0.29) is 0 Å². The van der Waals surface area contributed by atoms with Gasteiger partial charge in [0, 0.05) is 5.02 Å². The van der Waals surface area contributed by atoms with Crippen molar-refractivity contribution in [1.29, 1.82) is 5.26 Å². The molecule has 2 atom stereocenters. The first-order valence-corrected chi connectivity index (χ1v) is 6.42. The van der Waals surface area contributed by atoms with E-state index in [9.17, 15) is 0 Å². The number of hydrazine groups is 1. The van der Waals surface area contributed by atoms with Crippen molar-refractivity contribution < 1.29 is 0 Å². The third-order valence-corrected chi connectivity index (χ3v) is 3.48. The standard InChI is InChI=1S/C13H17ClN4/c14-11-5-9(3-8-1-2-8)4-10(6-11)13(16)12(7-15)18-17/h4-6,8,12-13,18H,1-3,16-17H2. The fraction of sp³-hybridized carbons (Fsp3) is 0.462. The molecule has 18 heavy (non-hydrogen) atoms. The number of hydrogen-bond acceptors (Lipinski definition) is 4. The smallest absolute Gasteiger partial charge is 0.127 e. The summed E-state index contributed by atoms with van der Waals surface area (Å²) in [7, 11) is 0. The number of nitriles is 1. The molecule has 1 aromatic rings. The molecule has 0 aromatic heterocycles. The zero-order valence-electron chi connectivity index (χ0n) is 10.1. The van der Waals surface area contributed by atoms with Gasteiger partial charge in [-0.15, -0.1) is 0 Å². The lowest BCUT2D eigenvalue weighted by atomic mass is 9.97. The highest BCUT2D eigenvalue weighted by Crippen LogP contribution is 2.34. The Morgan fingerprint density at radius 3 is 2.72 bits per heavy atom. The zero-order valence-corrected chi connectivity index (χ0v) is 10.8. The van der Waals surface area contributed by atoms with E-state index in [4.69, 9.17) is 28.4 Å². The maximum atomic E-state index is 8.95. The number of halogens is 1. The highest BCUT2D eigenvalue weighted by Gasteiger charge is 2.23. The Hall–Kier alpha value is -1.12. The van der Waals surface area contributed by atoms with Gasteiger partial charge in [-0.3, -0.25) is 5.84 Å². The molecule has 1 saturated carbocycles. The summed E-state index contributed by atoms with van der Waals surface area (Å²) in [5, 5.41) is 9.61. The van der Waals surface area contributed by atoms with Crippen LogP contribution < -0.4 is 17.0 Å². The van der Waals surface area contributed by atoms with Gasteiger partial charge in [-0.25, -0.2) is 5.43 Å². The van der Waals surface area contributed by atoms with Gasteiger partial charge in [-0.2, -0.15) is 5.26 Å². The number of nitrogens with one attached hydrogen (secondary N) is 1. The van der Waals surface area contributed by atoms with Crippen LogP contribution in [0.3, 0.4) is 0 Å². The van der Waals surface area contributed by atoms with Crippen molar-refractivity contribution in [3.05, 3.63) is 34.3 Å². The third-order valence-electron chi connectivity index (χ3n) is 3.26. The Kier molecular flexibility index (Phi) is 4.20. The predicted octanol–water partition coefficient (Wildman–Crippen LogP) is 1.65. The second-order valence-electron chi connectivity index (χ2n) is 4.84. The summed E-state index contributed by atoms with van der Waals surface area (Å²) in [5.41, 5.74) is 10.5. The lowest BCUT2D eigenvalue weighted by molar-refractivity contribution is 0.531. The van der Waals surface area contributed by atoms with Gasteiger partial charge in [-0.1, -0.05) is 17.7 Å². The molecule has 0 bridgehead atoms. The minimum atomic E-state index is -0.614. The summed E-state index contributed by atoms with van der Waals surface area (Å²) < 4.78 is 0. The number of nitrogens with zero attached hydrogens (tertiary/aromatic N) is 1. The van der Waals surface area contributed by atoms with Gasteiger partial charge in [0.05, 0.1) is 12.1 Å². The maximum absolute atomic E-state index is 8.95. The molecule has 0 radical (unpaired) electrons. The van der Waals surface area contributed by atoms with E-state index in [2.05, 4.69) is 5.43 Å². The molecule has 0 saturated heterocycles. The van der Waals surface area contributed by atoms with E-state index in [1.54, 1.807) is 6.07 Å². The van der Waals surface area contributed by atoms with Crippen molar-refractivity contribution in [1.82, 2.24) is 5.43 Å². The molecule has 5 heteroatoms. The number of rotatable bonds is 5. The topological polar surface area (TPSA) is 87.9 Å². The van der Waals surface area contributed by atoms with E-state index in [1.807, 2.05) is 18.2 Å². The lowest BCUT2D eigenvalue weighted by Crippen LogP contribution is -2.42. The minimum absolute atomic E-state index is 0.475. The molecule has 2 unspecified atom stereocenters. The molecule has 1 aliphatic rings. The summed E-state index contributed by atoms with van der Waals surface area (Å²) in [4.78, 5) is 0. The summed E-state index contributed by atoms with van der Waals surface area (Å²) in [6.07, 6.45) is 3.62. The van der Waals surface area contributed by atoms with Crippen LogP contribution >= 0.6 is 11.6 Å². The predicted molar refractivity (Wildman–Crippen MR) is 71.5 cm³/mol. The molecular formula is C13H17ClN4. The van der Waals surface area contributed by atoms with Crippen LogP contribution in [0.4, 0.5) is 0 Å². The highest BCUT2D eigenvalue weighted by molar-refractivity contribution is 6.30. The fourth-order valence-corrected chi connectivity index (χ4v) is 2.32. The SMILES string of the molecule is N#CC(NN)C(N)c1cc(Cl)cc(CC2CC2)c1. The Morgan fingerprint density at radius 1 is 1.44 bits per heavy atom. The van der Waals surface area contributed by atoms with Crippen LogP contribution in [-0.4, -0.2) is 6.04 Å². The van der Waals surface area contributed by atoms with Crippen LogP contribution in [0.1, 0.15) is 30.0 Å². The van der Waals surface area contributed by atoms with Gasteiger partial charge >= 0.3 is 0 Å². The number of benzene rings is 1.